The van der Waals surface area contributed by atoms with Crippen LogP contribution in [0.5, 0.6) is 0 Å². The number of hydrogen-bond donors (Lipinski definition) is 2. The van der Waals surface area contributed by atoms with Crippen molar-refractivity contribution >= 4 is 0 Å². The molecule has 1 rings (SSSR count). The summed E-state index contributed by atoms with van der Waals surface area (Å²) in [6.45, 7) is 13.9. The molecule has 96 valence electrons. The van der Waals surface area contributed by atoms with Gasteiger partial charge in [0, 0.05) is 19.1 Å². The fourth-order valence-electron chi connectivity index (χ4n) is 2.20. The Labute approximate surface area is 106 Å². The third-order valence-electron chi connectivity index (χ3n) is 3.17. The average Bonchev–Trinajstić information content (AvgIpc) is 2.24. The van der Waals surface area contributed by atoms with Gasteiger partial charge in [-0.2, -0.15) is 0 Å². The predicted octanol–water partition coefficient (Wildman–Crippen LogP) is 2.70. The Balaban J connectivity index is 2.57. The van der Waals surface area contributed by atoms with Gasteiger partial charge in [0.1, 0.15) is 0 Å². The molecular weight excluding hydrogens is 208 g/mol. The highest BCUT2D eigenvalue weighted by Crippen LogP contribution is 2.16. The highest BCUT2D eigenvalue weighted by molar-refractivity contribution is 5.37. The quantitative estimate of drug-likeness (QED) is 0.791. The van der Waals surface area contributed by atoms with Gasteiger partial charge in [0.2, 0.25) is 0 Å². The zero-order valence-corrected chi connectivity index (χ0v) is 11.9. The Kier molecular flexibility index (Phi) is 5.66. The molecular formula is C15H26N2. The first-order valence-corrected chi connectivity index (χ1v) is 6.55. The fourth-order valence-corrected chi connectivity index (χ4v) is 2.20. The Morgan fingerprint density at radius 2 is 1.71 bits per heavy atom. The zero-order chi connectivity index (χ0) is 12.8. The third-order valence-corrected chi connectivity index (χ3v) is 3.17. The first kappa shape index (κ1) is 14.2. The van der Waals surface area contributed by atoms with Crippen LogP contribution < -0.4 is 10.6 Å². The molecule has 17 heavy (non-hydrogen) atoms. The SMILES string of the molecule is CCNCC(C)NCc1c(C)cc(C)cc1C. The normalized spacial score (nSPS) is 12.8. The summed E-state index contributed by atoms with van der Waals surface area (Å²) in [5, 5.41) is 6.93. The van der Waals surface area contributed by atoms with E-state index in [0.717, 1.165) is 19.6 Å². The maximum Gasteiger partial charge on any atom is 0.0213 e. The van der Waals surface area contributed by atoms with E-state index >= 15 is 0 Å². The number of rotatable bonds is 6. The lowest BCUT2D eigenvalue weighted by molar-refractivity contribution is 0.507. The van der Waals surface area contributed by atoms with E-state index in [0.29, 0.717) is 6.04 Å². The van der Waals surface area contributed by atoms with Gasteiger partial charge in [-0.05, 0) is 50.9 Å². The van der Waals surface area contributed by atoms with Gasteiger partial charge in [-0.1, -0.05) is 24.6 Å². The van der Waals surface area contributed by atoms with Gasteiger partial charge in [-0.25, -0.2) is 0 Å². The molecule has 0 aliphatic rings. The minimum atomic E-state index is 0.509. The molecule has 1 atom stereocenters. The molecule has 0 aliphatic heterocycles. The summed E-state index contributed by atoms with van der Waals surface area (Å²) in [5.41, 5.74) is 5.58. The maximum absolute atomic E-state index is 3.57. The lowest BCUT2D eigenvalue weighted by Crippen LogP contribution is -2.36. The molecule has 2 N–H and O–H groups in total. The van der Waals surface area contributed by atoms with Gasteiger partial charge in [-0.15, -0.1) is 0 Å². The van der Waals surface area contributed by atoms with Crippen LogP contribution in [0.2, 0.25) is 0 Å². The molecule has 0 aliphatic carbocycles. The van der Waals surface area contributed by atoms with Crippen LogP contribution in [0.25, 0.3) is 0 Å². The van der Waals surface area contributed by atoms with Gasteiger partial charge in [0.25, 0.3) is 0 Å². The predicted molar refractivity (Wildman–Crippen MR) is 75.5 cm³/mol. The van der Waals surface area contributed by atoms with E-state index < -0.39 is 0 Å². The molecule has 0 aromatic heterocycles. The number of likely N-dealkylation sites (N-methyl/N-ethyl adjacent to an activating group) is 1. The van der Waals surface area contributed by atoms with Gasteiger partial charge < -0.3 is 10.6 Å². The van der Waals surface area contributed by atoms with Crippen molar-refractivity contribution in [2.45, 2.75) is 47.2 Å². The van der Waals surface area contributed by atoms with Crippen molar-refractivity contribution in [2.24, 2.45) is 0 Å². The van der Waals surface area contributed by atoms with E-state index in [1.807, 2.05) is 0 Å². The summed E-state index contributed by atoms with van der Waals surface area (Å²) < 4.78 is 0. The maximum atomic E-state index is 3.57. The molecule has 1 aromatic rings. The molecule has 0 spiro atoms. The molecule has 1 unspecified atom stereocenters. The molecule has 0 fully saturated rings. The highest BCUT2D eigenvalue weighted by Gasteiger charge is 2.05. The van der Waals surface area contributed by atoms with E-state index in [9.17, 15) is 0 Å². The van der Waals surface area contributed by atoms with E-state index in [1.165, 1.54) is 22.3 Å². The van der Waals surface area contributed by atoms with Crippen molar-refractivity contribution in [1.82, 2.24) is 10.6 Å². The Morgan fingerprint density at radius 1 is 1.12 bits per heavy atom. The van der Waals surface area contributed by atoms with Gasteiger partial charge in [0.15, 0.2) is 0 Å². The van der Waals surface area contributed by atoms with Crippen molar-refractivity contribution in [3.63, 3.8) is 0 Å². The van der Waals surface area contributed by atoms with E-state index in [1.54, 1.807) is 0 Å². The zero-order valence-electron chi connectivity index (χ0n) is 11.9. The topological polar surface area (TPSA) is 24.1 Å². The van der Waals surface area contributed by atoms with Gasteiger partial charge in [0.05, 0.1) is 0 Å². The van der Waals surface area contributed by atoms with Crippen molar-refractivity contribution in [2.75, 3.05) is 13.1 Å². The Hall–Kier alpha value is -0.860. The van der Waals surface area contributed by atoms with Crippen LogP contribution in [0.4, 0.5) is 0 Å². The van der Waals surface area contributed by atoms with Crippen LogP contribution in [-0.2, 0) is 6.54 Å². The van der Waals surface area contributed by atoms with Crippen molar-refractivity contribution in [3.8, 4) is 0 Å². The molecule has 0 bridgehead atoms. The first-order valence-electron chi connectivity index (χ1n) is 6.55. The standard InChI is InChI=1S/C15H26N2/c1-6-16-9-14(5)17-10-15-12(3)7-11(2)8-13(15)4/h7-8,14,16-17H,6,9-10H2,1-5H3. The fraction of sp³-hybridized carbons (Fsp3) is 0.600. The average molecular weight is 234 g/mol. The second kappa shape index (κ2) is 6.77. The minimum Gasteiger partial charge on any atom is -0.315 e. The largest absolute Gasteiger partial charge is 0.315 e. The summed E-state index contributed by atoms with van der Waals surface area (Å²) >= 11 is 0. The molecule has 0 saturated carbocycles. The monoisotopic (exact) mass is 234 g/mol. The van der Waals surface area contributed by atoms with E-state index in [4.69, 9.17) is 0 Å². The molecule has 0 heterocycles. The van der Waals surface area contributed by atoms with Gasteiger partial charge >= 0.3 is 0 Å². The number of benzene rings is 1. The highest BCUT2D eigenvalue weighted by atomic mass is 15.0. The lowest BCUT2D eigenvalue weighted by atomic mass is 9.99. The Bertz CT molecular complexity index is 335. The van der Waals surface area contributed by atoms with Crippen LogP contribution in [0.1, 0.15) is 36.1 Å². The molecule has 2 heteroatoms. The second-order valence-electron chi connectivity index (χ2n) is 4.97. The van der Waals surface area contributed by atoms with Crippen molar-refractivity contribution < 1.29 is 0 Å². The van der Waals surface area contributed by atoms with Crippen molar-refractivity contribution in [3.05, 3.63) is 34.4 Å². The van der Waals surface area contributed by atoms with Crippen molar-refractivity contribution in [1.29, 1.82) is 0 Å². The van der Waals surface area contributed by atoms with Crippen LogP contribution >= 0.6 is 0 Å². The number of aryl methyl sites for hydroxylation is 3. The molecule has 0 radical (unpaired) electrons. The van der Waals surface area contributed by atoms with Crippen LogP contribution in [0, 0.1) is 20.8 Å². The van der Waals surface area contributed by atoms with Crippen LogP contribution in [0.3, 0.4) is 0 Å². The molecule has 1 aromatic carbocycles. The van der Waals surface area contributed by atoms with Gasteiger partial charge in [-0.3, -0.25) is 0 Å². The summed E-state index contributed by atoms with van der Waals surface area (Å²) in [6.07, 6.45) is 0. The van der Waals surface area contributed by atoms with E-state index in [2.05, 4.69) is 57.4 Å². The molecule has 2 nitrogen and oxygen atoms in total. The number of nitrogens with one attached hydrogen (secondary N) is 2. The van der Waals surface area contributed by atoms with Crippen LogP contribution in [0.15, 0.2) is 12.1 Å². The summed E-state index contributed by atoms with van der Waals surface area (Å²) in [5.74, 6) is 0. The number of hydrogen-bond acceptors (Lipinski definition) is 2. The smallest absolute Gasteiger partial charge is 0.0213 e. The summed E-state index contributed by atoms with van der Waals surface area (Å²) in [6, 6.07) is 5.04. The second-order valence-corrected chi connectivity index (χ2v) is 4.97. The summed E-state index contributed by atoms with van der Waals surface area (Å²) in [4.78, 5) is 0. The minimum absolute atomic E-state index is 0.509. The third kappa shape index (κ3) is 4.49. The summed E-state index contributed by atoms with van der Waals surface area (Å²) in [7, 11) is 0. The molecule has 0 amide bonds. The lowest BCUT2D eigenvalue weighted by Gasteiger charge is -2.17. The van der Waals surface area contributed by atoms with Crippen LogP contribution in [-0.4, -0.2) is 19.1 Å². The molecule has 0 saturated heterocycles. The Morgan fingerprint density at radius 3 is 2.24 bits per heavy atom. The van der Waals surface area contributed by atoms with E-state index in [-0.39, 0.29) is 0 Å². The first-order chi connectivity index (χ1) is 8.04.